The number of fused-ring (bicyclic) bond motifs is 1. The molecule has 3 heterocycles. The van der Waals surface area contributed by atoms with Gasteiger partial charge in [0.1, 0.15) is 17.6 Å². The topological polar surface area (TPSA) is 97.3 Å². The fourth-order valence-electron chi connectivity index (χ4n) is 3.48. The molecule has 9 heteroatoms. The Balaban J connectivity index is 1.42. The Kier molecular flexibility index (Phi) is 4.64. The first-order valence-corrected chi connectivity index (χ1v) is 9.42. The molecule has 1 aliphatic rings. The van der Waals surface area contributed by atoms with Gasteiger partial charge in [-0.25, -0.2) is 4.68 Å². The third kappa shape index (κ3) is 3.18. The molecule has 0 amide bonds. The molecule has 2 aromatic heterocycles. The largest absolute Gasteiger partial charge is 0.497 e. The summed E-state index contributed by atoms with van der Waals surface area (Å²) < 4.78 is 24.0. The van der Waals surface area contributed by atoms with Crippen molar-refractivity contribution < 1.29 is 18.7 Å². The Labute approximate surface area is 172 Å². The Hall–Kier alpha value is -3.72. The van der Waals surface area contributed by atoms with Crippen LogP contribution in [0.4, 0.5) is 0 Å². The van der Waals surface area contributed by atoms with E-state index in [0.29, 0.717) is 36.3 Å². The average molecular weight is 405 g/mol. The second-order valence-corrected chi connectivity index (χ2v) is 6.77. The maximum atomic E-state index is 6.07. The van der Waals surface area contributed by atoms with Crippen LogP contribution in [0.5, 0.6) is 11.5 Å². The summed E-state index contributed by atoms with van der Waals surface area (Å²) in [4.78, 5) is 4.49. The van der Waals surface area contributed by atoms with Gasteiger partial charge in [0.05, 0.1) is 38.6 Å². The van der Waals surface area contributed by atoms with Crippen LogP contribution in [0.1, 0.15) is 17.4 Å². The van der Waals surface area contributed by atoms with Crippen LogP contribution in [-0.2, 0) is 17.9 Å². The van der Waals surface area contributed by atoms with Crippen molar-refractivity contribution in [3.05, 3.63) is 59.8 Å². The maximum Gasteiger partial charge on any atom is 0.280 e. The highest BCUT2D eigenvalue weighted by molar-refractivity contribution is 5.65. The number of para-hydroxylation sites is 1. The lowest BCUT2D eigenvalue weighted by atomic mass is 10.1. The Morgan fingerprint density at radius 1 is 1.07 bits per heavy atom. The third-order valence-electron chi connectivity index (χ3n) is 5.04. The predicted octanol–water partition coefficient (Wildman–Crippen LogP) is 3.28. The first-order chi connectivity index (χ1) is 14.8. The number of benzene rings is 2. The van der Waals surface area contributed by atoms with Crippen molar-refractivity contribution in [1.82, 2.24) is 25.1 Å². The van der Waals surface area contributed by atoms with Crippen molar-refractivity contribution in [2.75, 3.05) is 14.2 Å². The lowest BCUT2D eigenvalue weighted by Crippen LogP contribution is -2.22. The molecular formula is C21H19N5O4. The van der Waals surface area contributed by atoms with E-state index in [0.717, 1.165) is 22.6 Å². The first-order valence-electron chi connectivity index (χ1n) is 9.42. The number of aromatic nitrogens is 5. The lowest BCUT2D eigenvalue weighted by molar-refractivity contribution is -0.00127. The number of methoxy groups -OCH3 is 2. The Bertz CT molecular complexity index is 1190. The molecule has 1 unspecified atom stereocenters. The monoisotopic (exact) mass is 405 g/mol. The van der Waals surface area contributed by atoms with E-state index in [1.165, 1.54) is 0 Å². The molecule has 1 aliphatic heterocycles. The molecule has 0 saturated heterocycles. The normalized spacial score (nSPS) is 15.6. The number of ether oxygens (including phenoxy) is 3. The zero-order chi connectivity index (χ0) is 20.5. The summed E-state index contributed by atoms with van der Waals surface area (Å²) in [5, 5.41) is 12.6. The number of nitrogens with zero attached hydrogens (tertiary/aromatic N) is 5. The molecule has 0 bridgehead atoms. The van der Waals surface area contributed by atoms with Gasteiger partial charge in [-0.3, -0.25) is 0 Å². The fourth-order valence-corrected chi connectivity index (χ4v) is 3.48. The molecule has 0 N–H and O–H groups in total. The number of hydrogen-bond donors (Lipinski definition) is 0. The average Bonchev–Trinajstić information content (AvgIpc) is 3.45. The molecule has 5 rings (SSSR count). The van der Waals surface area contributed by atoms with E-state index in [1.807, 2.05) is 53.2 Å². The molecule has 4 aromatic rings. The summed E-state index contributed by atoms with van der Waals surface area (Å²) in [6.45, 7) is 0.861. The standard InChI is InChI=1S/C21H19N5O4/c1-27-14-7-5-6-13(10-14)18-11-26-16(12-29-18)19(23-25-26)21-22-20(24-30-21)15-8-3-4-9-17(15)28-2/h3-10,18H,11-12H2,1-2H3. The van der Waals surface area contributed by atoms with Crippen molar-refractivity contribution in [3.63, 3.8) is 0 Å². The Morgan fingerprint density at radius 2 is 1.97 bits per heavy atom. The summed E-state index contributed by atoms with van der Waals surface area (Å²) in [7, 11) is 3.25. The first kappa shape index (κ1) is 18.3. The summed E-state index contributed by atoms with van der Waals surface area (Å²) in [6.07, 6.45) is -0.144. The zero-order valence-corrected chi connectivity index (χ0v) is 16.5. The quantitative estimate of drug-likeness (QED) is 0.499. The zero-order valence-electron chi connectivity index (χ0n) is 16.5. The second kappa shape index (κ2) is 7.60. The molecule has 0 aliphatic carbocycles. The van der Waals surface area contributed by atoms with Gasteiger partial charge in [0.25, 0.3) is 5.89 Å². The third-order valence-corrected chi connectivity index (χ3v) is 5.04. The second-order valence-electron chi connectivity index (χ2n) is 6.77. The molecule has 30 heavy (non-hydrogen) atoms. The molecular weight excluding hydrogens is 386 g/mol. The minimum atomic E-state index is -0.144. The fraction of sp³-hybridized carbons (Fsp3) is 0.238. The van der Waals surface area contributed by atoms with Crippen molar-refractivity contribution in [2.45, 2.75) is 19.3 Å². The lowest BCUT2D eigenvalue weighted by Gasteiger charge is -2.24. The molecule has 1 atom stereocenters. The van der Waals surface area contributed by atoms with Crippen LogP contribution in [0.15, 0.2) is 53.1 Å². The van der Waals surface area contributed by atoms with Crippen molar-refractivity contribution in [3.8, 4) is 34.5 Å². The van der Waals surface area contributed by atoms with Crippen LogP contribution in [0.3, 0.4) is 0 Å². The van der Waals surface area contributed by atoms with Crippen LogP contribution < -0.4 is 9.47 Å². The minimum absolute atomic E-state index is 0.144. The van der Waals surface area contributed by atoms with E-state index in [1.54, 1.807) is 14.2 Å². The van der Waals surface area contributed by atoms with Gasteiger partial charge >= 0.3 is 0 Å². The van der Waals surface area contributed by atoms with E-state index >= 15 is 0 Å². The number of rotatable bonds is 5. The van der Waals surface area contributed by atoms with Crippen LogP contribution in [0, 0.1) is 0 Å². The Morgan fingerprint density at radius 3 is 2.83 bits per heavy atom. The van der Waals surface area contributed by atoms with Gasteiger partial charge in [0.2, 0.25) is 5.82 Å². The van der Waals surface area contributed by atoms with E-state index in [2.05, 4.69) is 20.5 Å². The van der Waals surface area contributed by atoms with Crippen LogP contribution in [-0.4, -0.2) is 39.4 Å². The van der Waals surface area contributed by atoms with E-state index in [9.17, 15) is 0 Å². The van der Waals surface area contributed by atoms with Gasteiger partial charge in [-0.15, -0.1) is 5.10 Å². The molecule has 9 nitrogen and oxygen atoms in total. The van der Waals surface area contributed by atoms with Crippen LogP contribution in [0.25, 0.3) is 23.0 Å². The minimum Gasteiger partial charge on any atom is -0.497 e. The van der Waals surface area contributed by atoms with Gasteiger partial charge in [0, 0.05) is 0 Å². The van der Waals surface area contributed by atoms with Gasteiger partial charge in [-0.05, 0) is 29.8 Å². The van der Waals surface area contributed by atoms with Crippen LogP contribution in [0.2, 0.25) is 0 Å². The van der Waals surface area contributed by atoms with Crippen LogP contribution >= 0.6 is 0 Å². The predicted molar refractivity (Wildman–Crippen MR) is 106 cm³/mol. The molecule has 152 valence electrons. The van der Waals surface area contributed by atoms with Crippen molar-refractivity contribution in [1.29, 1.82) is 0 Å². The molecule has 2 aromatic carbocycles. The highest BCUT2D eigenvalue weighted by Gasteiger charge is 2.28. The molecule has 0 radical (unpaired) electrons. The summed E-state index contributed by atoms with van der Waals surface area (Å²) in [5.41, 5.74) is 3.08. The van der Waals surface area contributed by atoms with Crippen molar-refractivity contribution in [2.24, 2.45) is 0 Å². The molecule has 0 fully saturated rings. The summed E-state index contributed by atoms with van der Waals surface area (Å²) >= 11 is 0. The van der Waals surface area contributed by atoms with Gasteiger partial charge in [-0.1, -0.05) is 34.6 Å². The summed E-state index contributed by atoms with van der Waals surface area (Å²) in [5.74, 6) is 2.17. The van der Waals surface area contributed by atoms with E-state index < -0.39 is 0 Å². The number of hydrogen-bond acceptors (Lipinski definition) is 8. The highest BCUT2D eigenvalue weighted by Crippen LogP contribution is 2.33. The SMILES string of the molecule is COc1cccc(C2Cn3nnc(-c4nc(-c5ccccc5OC)no4)c3CO2)c1. The van der Waals surface area contributed by atoms with Gasteiger partial charge in [0.15, 0.2) is 5.69 Å². The van der Waals surface area contributed by atoms with Gasteiger partial charge < -0.3 is 18.7 Å². The van der Waals surface area contributed by atoms with Crippen molar-refractivity contribution >= 4 is 0 Å². The highest BCUT2D eigenvalue weighted by atomic mass is 16.5. The van der Waals surface area contributed by atoms with E-state index in [4.69, 9.17) is 18.7 Å². The smallest absolute Gasteiger partial charge is 0.280 e. The maximum absolute atomic E-state index is 6.07. The van der Waals surface area contributed by atoms with Gasteiger partial charge in [-0.2, -0.15) is 4.98 Å². The van der Waals surface area contributed by atoms with E-state index in [-0.39, 0.29) is 6.10 Å². The summed E-state index contributed by atoms with van der Waals surface area (Å²) in [6, 6.07) is 15.3. The molecule has 0 spiro atoms. The molecule has 0 saturated carbocycles.